The van der Waals surface area contributed by atoms with E-state index in [-0.39, 0.29) is 16.7 Å². The summed E-state index contributed by atoms with van der Waals surface area (Å²) in [6, 6.07) is 5.94. The van der Waals surface area contributed by atoms with E-state index in [0.29, 0.717) is 5.69 Å². The lowest BCUT2D eigenvalue weighted by molar-refractivity contribution is 0.103. The first kappa shape index (κ1) is 13.3. The monoisotopic (exact) mass is 261 g/mol. The number of rotatable bonds is 2. The maximum absolute atomic E-state index is 13.8. The molecular formula is C15H13F2NO. The average molecular weight is 261 g/mol. The van der Waals surface area contributed by atoms with Crippen molar-refractivity contribution in [2.45, 2.75) is 20.8 Å². The molecule has 1 heterocycles. The summed E-state index contributed by atoms with van der Waals surface area (Å²) in [5.74, 6) is -2.64. The molecule has 0 bridgehead atoms. The predicted molar refractivity (Wildman–Crippen MR) is 68.2 cm³/mol. The van der Waals surface area contributed by atoms with Gasteiger partial charge in [-0.15, -0.1) is 0 Å². The Bertz CT molecular complexity index is 665. The van der Waals surface area contributed by atoms with E-state index in [0.717, 1.165) is 5.69 Å². The summed E-state index contributed by atoms with van der Waals surface area (Å²) >= 11 is 0. The Hall–Kier alpha value is -2.10. The SMILES string of the molecule is Cc1ccc(C(=O)c2ccc(C)c(F)c2F)c(C)n1. The van der Waals surface area contributed by atoms with Gasteiger partial charge in [-0.1, -0.05) is 6.07 Å². The van der Waals surface area contributed by atoms with Gasteiger partial charge in [0.05, 0.1) is 5.56 Å². The molecule has 0 aliphatic carbocycles. The fraction of sp³-hybridized carbons (Fsp3) is 0.200. The van der Waals surface area contributed by atoms with E-state index in [9.17, 15) is 13.6 Å². The lowest BCUT2D eigenvalue weighted by Crippen LogP contribution is -2.09. The van der Waals surface area contributed by atoms with Gasteiger partial charge in [-0.2, -0.15) is 0 Å². The van der Waals surface area contributed by atoms with Crippen LogP contribution in [0.25, 0.3) is 0 Å². The molecule has 0 N–H and O–H groups in total. The molecule has 0 amide bonds. The number of pyridine rings is 1. The molecule has 19 heavy (non-hydrogen) atoms. The normalized spacial score (nSPS) is 10.6. The third-order valence-corrected chi connectivity index (χ3v) is 2.99. The molecule has 0 atom stereocenters. The summed E-state index contributed by atoms with van der Waals surface area (Å²) in [5.41, 5.74) is 1.47. The minimum absolute atomic E-state index is 0.174. The number of hydrogen-bond acceptors (Lipinski definition) is 2. The second kappa shape index (κ2) is 4.88. The van der Waals surface area contributed by atoms with Crippen LogP contribution in [0.4, 0.5) is 8.78 Å². The molecule has 0 aliphatic rings. The van der Waals surface area contributed by atoms with Crippen molar-refractivity contribution in [3.05, 3.63) is 64.0 Å². The van der Waals surface area contributed by atoms with Crippen molar-refractivity contribution in [1.82, 2.24) is 4.98 Å². The number of carbonyl (C=O) groups excluding carboxylic acids is 1. The van der Waals surface area contributed by atoms with Gasteiger partial charge in [0.1, 0.15) is 0 Å². The topological polar surface area (TPSA) is 30.0 Å². The predicted octanol–water partition coefficient (Wildman–Crippen LogP) is 3.52. The summed E-state index contributed by atoms with van der Waals surface area (Å²) in [6.45, 7) is 4.92. The van der Waals surface area contributed by atoms with Gasteiger partial charge in [0.2, 0.25) is 0 Å². The Kier molecular flexibility index (Phi) is 3.42. The highest BCUT2D eigenvalue weighted by Gasteiger charge is 2.20. The number of aromatic nitrogens is 1. The molecule has 0 saturated heterocycles. The van der Waals surface area contributed by atoms with Crippen LogP contribution < -0.4 is 0 Å². The zero-order valence-electron chi connectivity index (χ0n) is 10.9. The summed E-state index contributed by atoms with van der Waals surface area (Å²) in [5, 5.41) is 0. The molecule has 1 aromatic heterocycles. The highest BCUT2D eigenvalue weighted by Crippen LogP contribution is 2.20. The van der Waals surface area contributed by atoms with Crippen molar-refractivity contribution in [2.24, 2.45) is 0 Å². The summed E-state index contributed by atoms with van der Waals surface area (Å²) < 4.78 is 27.3. The molecule has 0 saturated carbocycles. The molecular weight excluding hydrogens is 248 g/mol. The Morgan fingerprint density at radius 2 is 1.58 bits per heavy atom. The maximum atomic E-state index is 13.8. The quantitative estimate of drug-likeness (QED) is 0.774. The molecule has 0 aliphatic heterocycles. The van der Waals surface area contributed by atoms with Gasteiger partial charge >= 0.3 is 0 Å². The molecule has 1 aromatic carbocycles. The molecule has 0 fully saturated rings. The lowest BCUT2D eigenvalue weighted by Gasteiger charge is -2.07. The molecule has 4 heteroatoms. The van der Waals surface area contributed by atoms with Crippen molar-refractivity contribution in [3.8, 4) is 0 Å². The Morgan fingerprint density at radius 3 is 2.21 bits per heavy atom. The van der Waals surface area contributed by atoms with Gasteiger partial charge in [0.15, 0.2) is 17.4 Å². The number of ketones is 1. The van der Waals surface area contributed by atoms with Crippen LogP contribution in [0, 0.1) is 32.4 Å². The van der Waals surface area contributed by atoms with Crippen molar-refractivity contribution < 1.29 is 13.6 Å². The van der Waals surface area contributed by atoms with Crippen molar-refractivity contribution in [2.75, 3.05) is 0 Å². The molecule has 0 radical (unpaired) electrons. The van der Waals surface area contributed by atoms with Gasteiger partial charge in [0, 0.05) is 17.0 Å². The zero-order chi connectivity index (χ0) is 14.2. The van der Waals surface area contributed by atoms with E-state index in [4.69, 9.17) is 0 Å². The highest BCUT2D eigenvalue weighted by molar-refractivity contribution is 6.09. The van der Waals surface area contributed by atoms with E-state index in [1.165, 1.54) is 19.1 Å². The summed E-state index contributed by atoms with van der Waals surface area (Å²) in [7, 11) is 0. The third kappa shape index (κ3) is 2.38. The fourth-order valence-electron chi connectivity index (χ4n) is 1.89. The third-order valence-electron chi connectivity index (χ3n) is 2.99. The largest absolute Gasteiger partial charge is 0.288 e. The van der Waals surface area contributed by atoms with Crippen molar-refractivity contribution in [1.29, 1.82) is 0 Å². The molecule has 2 aromatic rings. The van der Waals surface area contributed by atoms with Gasteiger partial charge < -0.3 is 0 Å². The lowest BCUT2D eigenvalue weighted by atomic mass is 10.00. The van der Waals surface area contributed by atoms with Gasteiger partial charge in [-0.3, -0.25) is 9.78 Å². The summed E-state index contributed by atoms with van der Waals surface area (Å²) in [4.78, 5) is 16.4. The fourth-order valence-corrected chi connectivity index (χ4v) is 1.89. The first-order valence-corrected chi connectivity index (χ1v) is 5.85. The van der Waals surface area contributed by atoms with E-state index in [1.54, 1.807) is 26.0 Å². The van der Waals surface area contributed by atoms with E-state index >= 15 is 0 Å². The Morgan fingerprint density at radius 1 is 0.947 bits per heavy atom. The van der Waals surface area contributed by atoms with Gasteiger partial charge in [0.25, 0.3) is 0 Å². The second-order valence-electron chi connectivity index (χ2n) is 4.47. The standard InChI is InChI=1S/C15H13F2NO/c1-8-4-6-12(14(17)13(8)16)15(19)11-7-5-9(2)18-10(11)3/h4-7H,1-3H3. The van der Waals surface area contributed by atoms with Crippen LogP contribution in [0.1, 0.15) is 32.9 Å². The number of benzene rings is 1. The van der Waals surface area contributed by atoms with Crippen LogP contribution >= 0.6 is 0 Å². The number of halogens is 2. The number of nitrogens with zero attached hydrogens (tertiary/aromatic N) is 1. The first-order valence-electron chi connectivity index (χ1n) is 5.85. The summed E-state index contributed by atoms with van der Waals surface area (Å²) in [6.07, 6.45) is 0. The van der Waals surface area contributed by atoms with Crippen LogP contribution in [0.15, 0.2) is 24.3 Å². The van der Waals surface area contributed by atoms with E-state index < -0.39 is 17.4 Å². The number of carbonyl (C=O) groups is 1. The van der Waals surface area contributed by atoms with Crippen LogP contribution in [-0.4, -0.2) is 10.8 Å². The second-order valence-corrected chi connectivity index (χ2v) is 4.47. The number of hydrogen-bond donors (Lipinski definition) is 0. The van der Waals surface area contributed by atoms with Crippen LogP contribution in [0.5, 0.6) is 0 Å². The zero-order valence-corrected chi connectivity index (χ0v) is 10.9. The van der Waals surface area contributed by atoms with E-state index in [2.05, 4.69) is 4.98 Å². The van der Waals surface area contributed by atoms with Crippen molar-refractivity contribution in [3.63, 3.8) is 0 Å². The van der Waals surface area contributed by atoms with Gasteiger partial charge in [-0.25, -0.2) is 8.78 Å². The molecule has 98 valence electrons. The van der Waals surface area contributed by atoms with Gasteiger partial charge in [-0.05, 0) is 44.5 Å². The number of aryl methyl sites for hydroxylation is 3. The average Bonchev–Trinajstić information content (AvgIpc) is 2.35. The Balaban J connectivity index is 2.53. The maximum Gasteiger partial charge on any atom is 0.197 e. The minimum Gasteiger partial charge on any atom is -0.288 e. The Labute approximate surface area is 110 Å². The minimum atomic E-state index is -1.11. The first-order chi connectivity index (χ1) is 8.91. The molecule has 0 spiro atoms. The van der Waals surface area contributed by atoms with Crippen molar-refractivity contribution >= 4 is 5.78 Å². The van der Waals surface area contributed by atoms with E-state index in [1.807, 2.05) is 0 Å². The molecule has 2 nitrogen and oxygen atoms in total. The smallest absolute Gasteiger partial charge is 0.197 e. The molecule has 2 rings (SSSR count). The van der Waals surface area contributed by atoms with Crippen LogP contribution in [0.3, 0.4) is 0 Å². The highest BCUT2D eigenvalue weighted by atomic mass is 19.2. The van der Waals surface area contributed by atoms with Crippen LogP contribution in [0.2, 0.25) is 0 Å². The molecule has 0 unspecified atom stereocenters. The van der Waals surface area contributed by atoms with Crippen LogP contribution in [-0.2, 0) is 0 Å².